The molecule has 0 unspecified atom stereocenters. The second kappa shape index (κ2) is 15.3. The normalized spacial score (nSPS) is 10.6. The molecular formula is C29H30BrN3O7. The third kappa shape index (κ3) is 8.57. The number of amides is 2. The van der Waals surface area contributed by atoms with Crippen LogP contribution in [0, 0.1) is 0 Å². The highest BCUT2D eigenvalue weighted by molar-refractivity contribution is 9.10. The fraction of sp³-hybridized carbons (Fsp3) is 0.241. The number of nitrogens with one attached hydrogen (secondary N) is 2. The van der Waals surface area contributed by atoms with Crippen molar-refractivity contribution in [1.82, 2.24) is 10.7 Å². The Morgan fingerprint density at radius 1 is 0.925 bits per heavy atom. The first-order chi connectivity index (χ1) is 19.4. The maximum atomic E-state index is 12.7. The first kappa shape index (κ1) is 30.2. The molecular weight excluding hydrogens is 582 g/mol. The minimum absolute atomic E-state index is 0.183. The van der Waals surface area contributed by atoms with Gasteiger partial charge in [0.2, 0.25) is 5.91 Å². The molecule has 0 spiro atoms. The summed E-state index contributed by atoms with van der Waals surface area (Å²) in [6.45, 7) is 2.50. The maximum Gasteiger partial charge on any atom is 0.343 e. The molecule has 0 bridgehead atoms. The molecule has 10 nitrogen and oxygen atoms in total. The number of carbonyl (C=O) groups is 3. The van der Waals surface area contributed by atoms with Crippen molar-refractivity contribution in [2.45, 2.75) is 19.8 Å². The van der Waals surface area contributed by atoms with Crippen LogP contribution < -0.4 is 29.7 Å². The molecule has 3 rings (SSSR count). The number of hydrogen-bond acceptors (Lipinski definition) is 8. The molecule has 0 aliphatic heterocycles. The largest absolute Gasteiger partial charge is 0.493 e. The van der Waals surface area contributed by atoms with Gasteiger partial charge in [0.05, 0.1) is 38.2 Å². The lowest BCUT2D eigenvalue weighted by molar-refractivity contribution is -0.121. The highest BCUT2D eigenvalue weighted by Gasteiger charge is 2.16. The summed E-state index contributed by atoms with van der Waals surface area (Å²) in [6.07, 6.45) is 2.09. The molecule has 2 amide bonds. The predicted molar refractivity (Wildman–Crippen MR) is 154 cm³/mol. The lowest BCUT2D eigenvalue weighted by Gasteiger charge is -2.12. The van der Waals surface area contributed by atoms with Crippen molar-refractivity contribution in [1.29, 1.82) is 0 Å². The van der Waals surface area contributed by atoms with E-state index in [1.54, 1.807) is 48.5 Å². The number of hydrazone groups is 1. The van der Waals surface area contributed by atoms with Crippen LogP contribution in [-0.4, -0.2) is 51.4 Å². The second-order valence-corrected chi connectivity index (χ2v) is 9.09. The van der Waals surface area contributed by atoms with E-state index >= 15 is 0 Å². The summed E-state index contributed by atoms with van der Waals surface area (Å²) >= 11 is 3.34. The predicted octanol–water partition coefficient (Wildman–Crippen LogP) is 4.74. The molecule has 0 atom stereocenters. The van der Waals surface area contributed by atoms with Gasteiger partial charge in [0.1, 0.15) is 0 Å². The number of carbonyl (C=O) groups excluding carboxylic acids is 3. The van der Waals surface area contributed by atoms with E-state index in [1.807, 2.05) is 13.0 Å². The summed E-state index contributed by atoms with van der Waals surface area (Å²) in [6, 6.07) is 16.7. The molecule has 3 aromatic rings. The highest BCUT2D eigenvalue weighted by Crippen LogP contribution is 2.31. The van der Waals surface area contributed by atoms with Crippen LogP contribution in [0.3, 0.4) is 0 Å². The van der Waals surface area contributed by atoms with Gasteiger partial charge in [-0.25, -0.2) is 10.2 Å². The molecule has 3 aromatic carbocycles. The zero-order chi connectivity index (χ0) is 28.9. The number of benzene rings is 3. The lowest BCUT2D eigenvalue weighted by atomic mass is 10.2. The van der Waals surface area contributed by atoms with E-state index in [2.05, 4.69) is 31.8 Å². The molecule has 11 heteroatoms. The minimum atomic E-state index is -0.594. The van der Waals surface area contributed by atoms with E-state index in [0.717, 1.165) is 0 Å². The first-order valence-corrected chi connectivity index (χ1v) is 13.2. The first-order valence-electron chi connectivity index (χ1n) is 12.4. The Morgan fingerprint density at radius 2 is 1.68 bits per heavy atom. The molecule has 0 fully saturated rings. The number of rotatable bonds is 13. The van der Waals surface area contributed by atoms with Gasteiger partial charge in [-0.3, -0.25) is 9.59 Å². The van der Waals surface area contributed by atoms with Crippen LogP contribution in [-0.2, 0) is 4.79 Å². The maximum absolute atomic E-state index is 12.7. The summed E-state index contributed by atoms with van der Waals surface area (Å²) < 4.78 is 22.3. The molecule has 40 heavy (non-hydrogen) atoms. The van der Waals surface area contributed by atoms with Crippen LogP contribution in [0.15, 0.2) is 70.2 Å². The van der Waals surface area contributed by atoms with Crippen molar-refractivity contribution >= 4 is 39.9 Å². The Hall–Kier alpha value is -4.38. The highest BCUT2D eigenvalue weighted by atomic mass is 79.9. The van der Waals surface area contributed by atoms with Gasteiger partial charge in [-0.2, -0.15) is 5.10 Å². The topological polar surface area (TPSA) is 125 Å². The van der Waals surface area contributed by atoms with Crippen LogP contribution in [0.25, 0.3) is 0 Å². The van der Waals surface area contributed by atoms with E-state index in [0.29, 0.717) is 52.4 Å². The molecule has 0 heterocycles. The average Bonchev–Trinajstić information content (AvgIpc) is 2.96. The smallest absolute Gasteiger partial charge is 0.343 e. The Labute approximate surface area is 240 Å². The third-order valence-electron chi connectivity index (χ3n) is 5.48. The van der Waals surface area contributed by atoms with Gasteiger partial charge in [-0.15, -0.1) is 0 Å². The zero-order valence-corrected chi connectivity index (χ0v) is 23.9. The monoisotopic (exact) mass is 611 g/mol. The van der Waals surface area contributed by atoms with E-state index in [9.17, 15) is 14.4 Å². The van der Waals surface area contributed by atoms with Crippen molar-refractivity contribution in [2.75, 3.05) is 27.4 Å². The summed E-state index contributed by atoms with van der Waals surface area (Å²) in [7, 11) is 2.99. The van der Waals surface area contributed by atoms with Gasteiger partial charge >= 0.3 is 5.97 Å². The fourth-order valence-electron chi connectivity index (χ4n) is 3.51. The lowest BCUT2D eigenvalue weighted by Crippen LogP contribution is -2.26. The van der Waals surface area contributed by atoms with Crippen LogP contribution in [0.5, 0.6) is 23.0 Å². The summed E-state index contributed by atoms with van der Waals surface area (Å²) in [5, 5.41) is 6.77. The zero-order valence-electron chi connectivity index (χ0n) is 22.4. The Kier molecular flexibility index (Phi) is 11.5. The van der Waals surface area contributed by atoms with Crippen LogP contribution >= 0.6 is 15.9 Å². The molecule has 0 aromatic heterocycles. The third-order valence-corrected chi connectivity index (χ3v) is 6.17. The number of halogens is 1. The van der Waals surface area contributed by atoms with Crippen LogP contribution in [0.4, 0.5) is 0 Å². The molecule has 0 saturated carbocycles. The fourth-order valence-corrected chi connectivity index (χ4v) is 3.97. The number of ether oxygens (including phenoxy) is 4. The molecule has 0 radical (unpaired) electrons. The van der Waals surface area contributed by atoms with Gasteiger partial charge in [-0.05, 0) is 83.4 Å². The minimum Gasteiger partial charge on any atom is -0.493 e. The standard InChI is InChI=1S/C29H30BrN3O7/c1-4-39-26-16-19(11-13-24(26)40-29(36)20-12-14-23(37-2)25(17-20)38-3)18-32-33-27(34)10-7-15-31-28(35)21-8-5-6-9-22(21)30/h5-6,8-9,11-14,16-18H,4,7,10,15H2,1-3H3,(H,31,35)(H,33,34)/b32-18+. The Morgan fingerprint density at radius 3 is 2.40 bits per heavy atom. The van der Waals surface area contributed by atoms with Crippen molar-refractivity contribution in [3.8, 4) is 23.0 Å². The van der Waals surface area contributed by atoms with Gasteiger partial charge in [0.25, 0.3) is 5.91 Å². The van der Waals surface area contributed by atoms with Crippen molar-refractivity contribution in [3.05, 3.63) is 81.8 Å². The van der Waals surface area contributed by atoms with Crippen molar-refractivity contribution in [3.63, 3.8) is 0 Å². The summed E-state index contributed by atoms with van der Waals surface area (Å²) in [5.41, 5.74) is 3.89. The number of methoxy groups -OCH3 is 2. The van der Waals surface area contributed by atoms with Crippen molar-refractivity contribution < 1.29 is 33.3 Å². The Balaban J connectivity index is 1.52. The van der Waals surface area contributed by atoms with E-state index in [4.69, 9.17) is 18.9 Å². The summed E-state index contributed by atoms with van der Waals surface area (Å²) in [4.78, 5) is 37.1. The van der Waals surface area contributed by atoms with Gasteiger partial charge in [0, 0.05) is 17.4 Å². The van der Waals surface area contributed by atoms with E-state index in [1.165, 1.54) is 26.5 Å². The van der Waals surface area contributed by atoms with E-state index < -0.39 is 5.97 Å². The van der Waals surface area contributed by atoms with Gasteiger partial charge in [0.15, 0.2) is 23.0 Å². The quantitative estimate of drug-likeness (QED) is 0.0939. The summed E-state index contributed by atoms with van der Waals surface area (Å²) in [5.74, 6) is 0.363. The molecule has 0 saturated heterocycles. The Bertz CT molecular complexity index is 1380. The number of hydrogen-bond donors (Lipinski definition) is 2. The molecule has 210 valence electrons. The average molecular weight is 612 g/mol. The van der Waals surface area contributed by atoms with Crippen molar-refractivity contribution in [2.24, 2.45) is 5.10 Å². The molecule has 0 aliphatic carbocycles. The molecule has 2 N–H and O–H groups in total. The van der Waals surface area contributed by atoms with Crippen LogP contribution in [0.2, 0.25) is 0 Å². The molecule has 0 aliphatic rings. The number of esters is 1. The number of nitrogens with zero attached hydrogens (tertiary/aromatic N) is 1. The van der Waals surface area contributed by atoms with E-state index in [-0.39, 0.29) is 29.5 Å². The van der Waals surface area contributed by atoms with Gasteiger partial charge in [-0.1, -0.05) is 12.1 Å². The van der Waals surface area contributed by atoms with Crippen LogP contribution in [0.1, 0.15) is 46.0 Å². The SMILES string of the molecule is CCOc1cc(/C=N/NC(=O)CCCNC(=O)c2ccccc2Br)ccc1OC(=O)c1ccc(OC)c(OC)c1. The second-order valence-electron chi connectivity index (χ2n) is 8.23. The van der Waals surface area contributed by atoms with Gasteiger partial charge < -0.3 is 24.3 Å².